The molecule has 2 aromatic rings. The van der Waals surface area contributed by atoms with Crippen molar-refractivity contribution in [1.29, 1.82) is 0 Å². The van der Waals surface area contributed by atoms with Crippen molar-refractivity contribution in [3.8, 4) is 0 Å². The van der Waals surface area contributed by atoms with Gasteiger partial charge in [-0.25, -0.2) is 0 Å². The number of amides is 1. The van der Waals surface area contributed by atoms with E-state index in [2.05, 4.69) is 10.6 Å². The van der Waals surface area contributed by atoms with Gasteiger partial charge in [-0.05, 0) is 31.5 Å². The van der Waals surface area contributed by atoms with E-state index in [1.54, 1.807) is 13.8 Å². The number of nitrogens with zero attached hydrogens (tertiary/aromatic N) is 1. The Bertz CT molecular complexity index is 760. The van der Waals surface area contributed by atoms with Crippen LogP contribution in [0.1, 0.15) is 29.8 Å². The van der Waals surface area contributed by atoms with Crippen LogP contribution in [0.5, 0.6) is 0 Å². The van der Waals surface area contributed by atoms with Crippen molar-refractivity contribution < 1.29 is 14.8 Å². The number of nitrogens with one attached hydrogen (secondary N) is 2. The third kappa shape index (κ3) is 5.02. The van der Waals surface area contributed by atoms with Gasteiger partial charge in [0.2, 0.25) is 0 Å². The summed E-state index contributed by atoms with van der Waals surface area (Å²) < 4.78 is 0. The summed E-state index contributed by atoms with van der Waals surface area (Å²) in [4.78, 5) is 23.0. The predicted octanol–water partition coefficient (Wildman–Crippen LogP) is 2.71. The van der Waals surface area contributed by atoms with Crippen LogP contribution in [0.2, 0.25) is 0 Å². The average molecular weight is 343 g/mol. The van der Waals surface area contributed by atoms with E-state index in [4.69, 9.17) is 0 Å². The zero-order valence-electron chi connectivity index (χ0n) is 14.2. The lowest BCUT2D eigenvalue weighted by atomic mass is 10.1. The summed E-state index contributed by atoms with van der Waals surface area (Å²) in [5.41, 5.74) is 0.509. The Morgan fingerprint density at radius 1 is 1.20 bits per heavy atom. The fraction of sp³-hybridized carbons (Fsp3) is 0.278. The first kappa shape index (κ1) is 18.4. The van der Waals surface area contributed by atoms with Gasteiger partial charge in [0, 0.05) is 18.2 Å². The molecule has 0 spiro atoms. The monoisotopic (exact) mass is 343 g/mol. The summed E-state index contributed by atoms with van der Waals surface area (Å²) in [6.45, 7) is 3.52. The average Bonchev–Trinajstić information content (AvgIpc) is 2.60. The first-order chi connectivity index (χ1) is 11.8. The number of nitro groups is 1. The highest BCUT2D eigenvalue weighted by molar-refractivity contribution is 5.96. The normalized spacial score (nSPS) is 11.0. The first-order valence-electron chi connectivity index (χ1n) is 7.82. The summed E-state index contributed by atoms with van der Waals surface area (Å²) in [6.07, 6.45) is 0. The maximum absolute atomic E-state index is 12.2. The van der Waals surface area contributed by atoms with Crippen LogP contribution in [0.3, 0.4) is 0 Å². The van der Waals surface area contributed by atoms with E-state index >= 15 is 0 Å². The van der Waals surface area contributed by atoms with Crippen LogP contribution in [0.15, 0.2) is 48.5 Å². The van der Waals surface area contributed by atoms with Gasteiger partial charge in [0.05, 0.1) is 17.1 Å². The van der Waals surface area contributed by atoms with Crippen molar-refractivity contribution >= 4 is 17.3 Å². The molecule has 2 rings (SSSR count). The summed E-state index contributed by atoms with van der Waals surface area (Å²) in [5, 5.41) is 26.2. The maximum atomic E-state index is 12.2. The number of nitro benzene ring substituents is 1. The largest absolute Gasteiger partial charge is 0.394 e. The molecule has 3 N–H and O–H groups in total. The summed E-state index contributed by atoms with van der Waals surface area (Å²) in [6, 6.07) is 13.8. The number of benzene rings is 2. The van der Waals surface area contributed by atoms with Crippen LogP contribution >= 0.6 is 0 Å². The number of carbonyl (C=O) groups excluding carboxylic acids is 1. The topological polar surface area (TPSA) is 104 Å². The summed E-state index contributed by atoms with van der Waals surface area (Å²) >= 11 is 0. The second-order valence-electron chi connectivity index (χ2n) is 6.32. The van der Waals surface area contributed by atoms with Gasteiger partial charge in [0.25, 0.3) is 11.6 Å². The zero-order valence-corrected chi connectivity index (χ0v) is 14.2. The van der Waals surface area contributed by atoms with Gasteiger partial charge in [-0.2, -0.15) is 0 Å². The van der Waals surface area contributed by atoms with Crippen molar-refractivity contribution in [3.05, 3.63) is 69.8 Å². The third-order valence-corrected chi connectivity index (χ3v) is 3.63. The molecule has 0 aliphatic rings. The maximum Gasteiger partial charge on any atom is 0.293 e. The molecule has 0 aliphatic carbocycles. The molecule has 0 fully saturated rings. The zero-order chi connectivity index (χ0) is 18.4. The SMILES string of the molecule is CC(C)(CO)NC(=O)c1ccc(NCc2ccccc2)c([N+](=O)[O-])c1. The quantitative estimate of drug-likeness (QED) is 0.529. The highest BCUT2D eigenvalue weighted by Crippen LogP contribution is 2.26. The Morgan fingerprint density at radius 3 is 2.48 bits per heavy atom. The fourth-order valence-electron chi connectivity index (χ4n) is 2.19. The highest BCUT2D eigenvalue weighted by Gasteiger charge is 2.22. The van der Waals surface area contributed by atoms with Gasteiger partial charge in [0.1, 0.15) is 5.69 Å². The summed E-state index contributed by atoms with van der Waals surface area (Å²) in [5.74, 6) is -0.475. The predicted molar refractivity (Wildman–Crippen MR) is 95.5 cm³/mol. The minimum atomic E-state index is -0.809. The lowest BCUT2D eigenvalue weighted by molar-refractivity contribution is -0.384. The van der Waals surface area contributed by atoms with Gasteiger partial charge >= 0.3 is 0 Å². The molecule has 0 atom stereocenters. The second-order valence-corrected chi connectivity index (χ2v) is 6.32. The lowest BCUT2D eigenvalue weighted by Gasteiger charge is -2.23. The number of rotatable bonds is 7. The van der Waals surface area contributed by atoms with Crippen molar-refractivity contribution in [2.24, 2.45) is 0 Å². The minimum Gasteiger partial charge on any atom is -0.394 e. The molecule has 0 saturated carbocycles. The van der Waals surface area contributed by atoms with Gasteiger partial charge in [-0.15, -0.1) is 0 Å². The first-order valence-corrected chi connectivity index (χ1v) is 7.82. The highest BCUT2D eigenvalue weighted by atomic mass is 16.6. The Hall–Kier alpha value is -2.93. The molecule has 0 heterocycles. The number of anilines is 1. The third-order valence-electron chi connectivity index (χ3n) is 3.63. The Morgan fingerprint density at radius 2 is 1.88 bits per heavy atom. The molecule has 0 radical (unpaired) electrons. The van der Waals surface area contributed by atoms with Crippen molar-refractivity contribution in [2.45, 2.75) is 25.9 Å². The smallest absolute Gasteiger partial charge is 0.293 e. The summed E-state index contributed by atoms with van der Waals surface area (Å²) in [7, 11) is 0. The van der Waals surface area contributed by atoms with E-state index in [1.165, 1.54) is 18.2 Å². The molecule has 2 aromatic carbocycles. The Balaban J connectivity index is 2.19. The number of hydrogen-bond acceptors (Lipinski definition) is 5. The van der Waals surface area contributed by atoms with Crippen LogP contribution < -0.4 is 10.6 Å². The number of hydrogen-bond donors (Lipinski definition) is 3. The molecule has 0 bridgehead atoms. The second kappa shape index (κ2) is 7.76. The van der Waals surface area contributed by atoms with E-state index < -0.39 is 16.4 Å². The van der Waals surface area contributed by atoms with Crippen LogP contribution in [0.25, 0.3) is 0 Å². The molecule has 1 amide bonds. The van der Waals surface area contributed by atoms with Gasteiger partial charge < -0.3 is 15.7 Å². The molecule has 7 heteroatoms. The molecule has 25 heavy (non-hydrogen) atoms. The molecular weight excluding hydrogens is 322 g/mol. The van der Waals surface area contributed by atoms with Crippen molar-refractivity contribution in [2.75, 3.05) is 11.9 Å². The lowest BCUT2D eigenvalue weighted by Crippen LogP contribution is -2.46. The van der Waals surface area contributed by atoms with Crippen molar-refractivity contribution in [3.63, 3.8) is 0 Å². The Kier molecular flexibility index (Phi) is 5.71. The van der Waals surface area contributed by atoms with Gasteiger partial charge in [0.15, 0.2) is 0 Å². The molecule has 0 aromatic heterocycles. The van der Waals surface area contributed by atoms with Crippen molar-refractivity contribution in [1.82, 2.24) is 5.32 Å². The van der Waals surface area contributed by atoms with Gasteiger partial charge in [-0.1, -0.05) is 30.3 Å². The van der Waals surface area contributed by atoms with E-state index in [0.29, 0.717) is 12.2 Å². The van der Waals surface area contributed by atoms with E-state index in [1.807, 2.05) is 30.3 Å². The number of aliphatic hydroxyl groups excluding tert-OH is 1. The van der Waals surface area contributed by atoms with E-state index in [0.717, 1.165) is 5.56 Å². The van der Waals surface area contributed by atoms with Crippen LogP contribution in [-0.4, -0.2) is 28.1 Å². The standard InChI is InChI=1S/C18H21N3O4/c1-18(2,12-22)20-17(23)14-8-9-15(16(10-14)21(24)25)19-11-13-6-4-3-5-7-13/h3-10,19,22H,11-12H2,1-2H3,(H,20,23). The number of aliphatic hydroxyl groups is 1. The minimum absolute atomic E-state index is 0.165. The molecular formula is C18H21N3O4. The molecule has 0 aliphatic heterocycles. The fourth-order valence-corrected chi connectivity index (χ4v) is 2.19. The van der Waals surface area contributed by atoms with Crippen LogP contribution in [-0.2, 0) is 6.54 Å². The van der Waals surface area contributed by atoms with Gasteiger partial charge in [-0.3, -0.25) is 14.9 Å². The van der Waals surface area contributed by atoms with Crippen LogP contribution in [0, 0.1) is 10.1 Å². The molecule has 0 saturated heterocycles. The Labute approximate surface area is 145 Å². The molecule has 132 valence electrons. The molecule has 0 unspecified atom stereocenters. The van der Waals surface area contributed by atoms with E-state index in [9.17, 15) is 20.0 Å². The number of carbonyl (C=O) groups is 1. The van der Waals surface area contributed by atoms with E-state index in [-0.39, 0.29) is 17.9 Å². The van der Waals surface area contributed by atoms with Crippen LogP contribution in [0.4, 0.5) is 11.4 Å². The molecule has 7 nitrogen and oxygen atoms in total.